The van der Waals surface area contributed by atoms with Crippen LogP contribution in [-0.2, 0) is 6.54 Å². The lowest BCUT2D eigenvalue weighted by Crippen LogP contribution is -2.25. The van der Waals surface area contributed by atoms with Gasteiger partial charge < -0.3 is 11.1 Å². The highest BCUT2D eigenvalue weighted by molar-refractivity contribution is 5.91. The Morgan fingerprint density at radius 1 is 1.36 bits per heavy atom. The SMILES string of the molecule is Cl.NCCCCNC(=O)c1cn(Cc2cccc(F)c2)nn1. The minimum Gasteiger partial charge on any atom is -0.351 e. The van der Waals surface area contributed by atoms with E-state index < -0.39 is 0 Å². The van der Waals surface area contributed by atoms with Crippen molar-refractivity contribution in [2.24, 2.45) is 5.73 Å². The molecule has 0 fully saturated rings. The molecule has 1 aromatic carbocycles. The molecule has 0 aliphatic heterocycles. The van der Waals surface area contributed by atoms with Crippen molar-refractivity contribution in [3.63, 3.8) is 0 Å². The van der Waals surface area contributed by atoms with Gasteiger partial charge in [0.25, 0.3) is 5.91 Å². The number of carbonyl (C=O) groups is 1. The smallest absolute Gasteiger partial charge is 0.273 e. The largest absolute Gasteiger partial charge is 0.351 e. The van der Waals surface area contributed by atoms with E-state index in [0.717, 1.165) is 18.4 Å². The molecule has 0 aliphatic rings. The third-order valence-electron chi connectivity index (χ3n) is 2.92. The average molecular weight is 328 g/mol. The molecule has 0 bridgehead atoms. The number of amides is 1. The Bertz CT molecular complexity index is 604. The predicted octanol–water partition coefficient (Wildman–Crippen LogP) is 1.36. The van der Waals surface area contributed by atoms with Gasteiger partial charge in [-0.15, -0.1) is 17.5 Å². The van der Waals surface area contributed by atoms with Crippen molar-refractivity contribution < 1.29 is 9.18 Å². The van der Waals surface area contributed by atoms with Crippen molar-refractivity contribution in [3.8, 4) is 0 Å². The van der Waals surface area contributed by atoms with Crippen LogP contribution in [0.3, 0.4) is 0 Å². The highest BCUT2D eigenvalue weighted by atomic mass is 35.5. The number of rotatable bonds is 7. The summed E-state index contributed by atoms with van der Waals surface area (Å²) >= 11 is 0. The van der Waals surface area contributed by atoms with Gasteiger partial charge in [-0.05, 0) is 37.1 Å². The Kier molecular flexibility index (Phi) is 7.48. The Morgan fingerprint density at radius 2 is 2.18 bits per heavy atom. The average Bonchev–Trinajstić information content (AvgIpc) is 2.92. The van der Waals surface area contributed by atoms with Gasteiger partial charge in [-0.25, -0.2) is 9.07 Å². The van der Waals surface area contributed by atoms with E-state index in [4.69, 9.17) is 5.73 Å². The van der Waals surface area contributed by atoms with Crippen molar-refractivity contribution in [1.29, 1.82) is 0 Å². The topological polar surface area (TPSA) is 85.8 Å². The molecule has 2 rings (SSSR count). The molecule has 2 aromatic rings. The second-order valence-electron chi connectivity index (χ2n) is 4.68. The molecule has 1 aromatic heterocycles. The van der Waals surface area contributed by atoms with E-state index in [0.29, 0.717) is 19.6 Å². The molecule has 120 valence electrons. The molecule has 6 nitrogen and oxygen atoms in total. The molecule has 0 atom stereocenters. The summed E-state index contributed by atoms with van der Waals surface area (Å²) in [5, 5.41) is 10.4. The lowest BCUT2D eigenvalue weighted by molar-refractivity contribution is 0.0948. The standard InChI is InChI=1S/C14H18FN5O.ClH/c15-12-5-3-4-11(8-12)9-20-10-13(18-19-20)14(21)17-7-2-1-6-16;/h3-5,8,10H,1-2,6-7,9,16H2,(H,17,21);1H. The van der Waals surface area contributed by atoms with E-state index >= 15 is 0 Å². The molecular weight excluding hydrogens is 309 g/mol. The minimum absolute atomic E-state index is 0. The second-order valence-corrected chi connectivity index (χ2v) is 4.68. The zero-order chi connectivity index (χ0) is 15.1. The highest BCUT2D eigenvalue weighted by Gasteiger charge is 2.10. The molecule has 0 saturated heterocycles. The van der Waals surface area contributed by atoms with Gasteiger partial charge in [0, 0.05) is 6.54 Å². The number of nitrogens with zero attached hydrogens (tertiary/aromatic N) is 3. The van der Waals surface area contributed by atoms with Gasteiger partial charge in [0.05, 0.1) is 12.7 Å². The summed E-state index contributed by atoms with van der Waals surface area (Å²) in [6, 6.07) is 6.23. The minimum atomic E-state index is -0.300. The lowest BCUT2D eigenvalue weighted by Gasteiger charge is -2.01. The van der Waals surface area contributed by atoms with Crippen molar-refractivity contribution in [2.45, 2.75) is 19.4 Å². The third kappa shape index (κ3) is 5.42. The van der Waals surface area contributed by atoms with E-state index in [9.17, 15) is 9.18 Å². The van der Waals surface area contributed by atoms with Crippen LogP contribution >= 0.6 is 12.4 Å². The van der Waals surface area contributed by atoms with Gasteiger partial charge in [-0.3, -0.25) is 4.79 Å². The monoisotopic (exact) mass is 327 g/mol. The molecule has 0 radical (unpaired) electrons. The van der Waals surface area contributed by atoms with Crippen LogP contribution in [0.2, 0.25) is 0 Å². The molecule has 1 heterocycles. The lowest BCUT2D eigenvalue weighted by atomic mass is 10.2. The fourth-order valence-electron chi connectivity index (χ4n) is 1.86. The van der Waals surface area contributed by atoms with Gasteiger partial charge in [0.2, 0.25) is 0 Å². The van der Waals surface area contributed by atoms with E-state index in [1.54, 1.807) is 18.3 Å². The number of hydrogen-bond donors (Lipinski definition) is 2. The van der Waals surface area contributed by atoms with Crippen molar-refractivity contribution in [3.05, 3.63) is 47.5 Å². The summed E-state index contributed by atoms with van der Waals surface area (Å²) < 4.78 is 14.6. The number of halogens is 2. The molecule has 1 amide bonds. The van der Waals surface area contributed by atoms with Crippen LogP contribution in [0.1, 0.15) is 28.9 Å². The fraction of sp³-hybridized carbons (Fsp3) is 0.357. The summed E-state index contributed by atoms with van der Waals surface area (Å²) in [6.45, 7) is 1.54. The number of nitrogens with two attached hydrogens (primary N) is 1. The summed E-state index contributed by atoms with van der Waals surface area (Å²) in [5.41, 5.74) is 6.39. The van der Waals surface area contributed by atoms with Crippen LogP contribution in [0.4, 0.5) is 4.39 Å². The Balaban J connectivity index is 0.00000242. The van der Waals surface area contributed by atoms with Crippen molar-refractivity contribution in [1.82, 2.24) is 20.3 Å². The first-order valence-corrected chi connectivity index (χ1v) is 6.82. The van der Waals surface area contributed by atoms with Crippen LogP contribution in [0.5, 0.6) is 0 Å². The molecule has 0 spiro atoms. The van der Waals surface area contributed by atoms with E-state index in [1.165, 1.54) is 16.8 Å². The van der Waals surface area contributed by atoms with Gasteiger partial charge in [-0.2, -0.15) is 0 Å². The fourth-order valence-corrected chi connectivity index (χ4v) is 1.86. The van der Waals surface area contributed by atoms with Crippen LogP contribution in [0.15, 0.2) is 30.5 Å². The molecule has 22 heavy (non-hydrogen) atoms. The number of nitrogens with one attached hydrogen (secondary N) is 1. The first-order chi connectivity index (χ1) is 10.2. The van der Waals surface area contributed by atoms with Gasteiger partial charge >= 0.3 is 0 Å². The number of aromatic nitrogens is 3. The third-order valence-corrected chi connectivity index (χ3v) is 2.92. The zero-order valence-electron chi connectivity index (χ0n) is 12.0. The summed E-state index contributed by atoms with van der Waals surface area (Å²) in [4.78, 5) is 11.8. The number of carbonyl (C=O) groups excluding carboxylic acids is 1. The van der Waals surface area contributed by atoms with Crippen molar-refractivity contribution in [2.75, 3.05) is 13.1 Å². The van der Waals surface area contributed by atoms with Gasteiger partial charge in [-0.1, -0.05) is 17.3 Å². The van der Waals surface area contributed by atoms with Crippen LogP contribution in [0, 0.1) is 5.82 Å². The summed E-state index contributed by atoms with van der Waals surface area (Å²) in [5.74, 6) is -0.567. The molecule has 0 saturated carbocycles. The Labute approximate surface area is 134 Å². The van der Waals surface area contributed by atoms with E-state index in [1.807, 2.05) is 0 Å². The molecule has 3 N–H and O–H groups in total. The maximum absolute atomic E-state index is 13.1. The Morgan fingerprint density at radius 3 is 2.91 bits per heavy atom. The van der Waals surface area contributed by atoms with Gasteiger partial charge in [0.15, 0.2) is 5.69 Å². The van der Waals surface area contributed by atoms with E-state index in [2.05, 4.69) is 15.6 Å². The first-order valence-electron chi connectivity index (χ1n) is 6.82. The maximum Gasteiger partial charge on any atom is 0.273 e. The summed E-state index contributed by atoms with van der Waals surface area (Å²) in [7, 11) is 0. The maximum atomic E-state index is 13.1. The van der Waals surface area contributed by atoms with Crippen LogP contribution in [0.25, 0.3) is 0 Å². The van der Waals surface area contributed by atoms with E-state index in [-0.39, 0.29) is 29.8 Å². The zero-order valence-corrected chi connectivity index (χ0v) is 12.9. The van der Waals surface area contributed by atoms with Crippen LogP contribution in [-0.4, -0.2) is 34.0 Å². The van der Waals surface area contributed by atoms with Crippen molar-refractivity contribution >= 4 is 18.3 Å². The second kappa shape index (κ2) is 9.11. The van der Waals surface area contributed by atoms with Crippen LogP contribution < -0.4 is 11.1 Å². The predicted molar refractivity (Wildman–Crippen MR) is 83.4 cm³/mol. The van der Waals surface area contributed by atoms with Gasteiger partial charge in [0.1, 0.15) is 5.82 Å². The molecule has 0 aliphatic carbocycles. The first kappa shape index (κ1) is 18.1. The number of hydrogen-bond acceptors (Lipinski definition) is 4. The number of unbranched alkanes of at least 4 members (excludes halogenated alkanes) is 1. The molecular formula is C14H19ClFN5O. The number of benzene rings is 1. The summed E-state index contributed by atoms with van der Waals surface area (Å²) in [6.07, 6.45) is 3.25. The quantitative estimate of drug-likeness (QED) is 0.752. The highest BCUT2D eigenvalue weighted by Crippen LogP contribution is 2.05. The normalized spacial score (nSPS) is 10.1. The molecule has 8 heteroatoms. The Hall–Kier alpha value is -1.99. The molecule has 0 unspecified atom stereocenters.